The number of carbonyl (C=O) groups is 2. The van der Waals surface area contributed by atoms with Gasteiger partial charge in [-0.3, -0.25) is 9.59 Å². The van der Waals surface area contributed by atoms with Crippen molar-refractivity contribution in [3.8, 4) is 11.1 Å². The Kier molecular flexibility index (Phi) is 4.67. The average Bonchev–Trinajstić information content (AvgIpc) is 3.21. The van der Waals surface area contributed by atoms with E-state index in [1.165, 1.54) is 5.39 Å². The number of benzene rings is 2. The lowest BCUT2D eigenvalue weighted by molar-refractivity contribution is -0.131. The molecule has 0 saturated carbocycles. The summed E-state index contributed by atoms with van der Waals surface area (Å²) in [5.74, 6) is 0.0862. The molecule has 2 amide bonds. The number of aromatic nitrogens is 1. The second kappa shape index (κ2) is 7.15. The highest BCUT2D eigenvalue weighted by molar-refractivity contribution is 5.96. The largest absolute Gasteiger partial charge is 0.361 e. The van der Waals surface area contributed by atoms with Crippen molar-refractivity contribution in [3.05, 3.63) is 60.3 Å². The van der Waals surface area contributed by atoms with Crippen molar-refractivity contribution in [1.82, 2.24) is 15.2 Å². The third kappa shape index (κ3) is 3.28. The standard InChI is InChI=1S/C23H25N3O2/c1-23(22(28)24-2)9-12-26(13-10-23)21(27)19-5-3-4-17(14-19)18-7-6-16-8-11-25-20(16)15-18/h3-8,11,14-15,25H,9-10,12-13H2,1-2H3,(H,24,28). The van der Waals surface area contributed by atoms with Crippen LogP contribution in [0.15, 0.2) is 54.7 Å². The highest BCUT2D eigenvalue weighted by atomic mass is 16.2. The normalized spacial score (nSPS) is 16.1. The number of nitrogens with one attached hydrogen (secondary N) is 2. The molecule has 144 valence electrons. The van der Waals surface area contributed by atoms with E-state index in [0.717, 1.165) is 16.6 Å². The van der Waals surface area contributed by atoms with Crippen molar-refractivity contribution in [2.45, 2.75) is 19.8 Å². The van der Waals surface area contributed by atoms with Crippen LogP contribution in [0.25, 0.3) is 22.0 Å². The lowest BCUT2D eigenvalue weighted by Crippen LogP contribution is -2.48. The van der Waals surface area contributed by atoms with Gasteiger partial charge in [-0.2, -0.15) is 0 Å². The first-order valence-corrected chi connectivity index (χ1v) is 9.69. The Hall–Kier alpha value is -3.08. The number of aromatic amines is 1. The number of rotatable bonds is 3. The number of amides is 2. The van der Waals surface area contributed by atoms with Crippen LogP contribution in [0.4, 0.5) is 0 Å². The van der Waals surface area contributed by atoms with Crippen LogP contribution in [0.5, 0.6) is 0 Å². The monoisotopic (exact) mass is 375 g/mol. The Balaban J connectivity index is 1.53. The molecule has 2 aromatic carbocycles. The maximum Gasteiger partial charge on any atom is 0.253 e. The topological polar surface area (TPSA) is 65.2 Å². The smallest absolute Gasteiger partial charge is 0.253 e. The zero-order valence-electron chi connectivity index (χ0n) is 16.3. The second-order valence-electron chi connectivity index (χ2n) is 7.79. The molecule has 5 heteroatoms. The van der Waals surface area contributed by atoms with E-state index in [2.05, 4.69) is 28.5 Å². The summed E-state index contributed by atoms with van der Waals surface area (Å²) in [6, 6.07) is 16.1. The summed E-state index contributed by atoms with van der Waals surface area (Å²) in [6.45, 7) is 3.17. The summed E-state index contributed by atoms with van der Waals surface area (Å²) in [5.41, 5.74) is 3.48. The van der Waals surface area contributed by atoms with E-state index in [-0.39, 0.29) is 11.8 Å². The Morgan fingerprint density at radius 1 is 1.04 bits per heavy atom. The molecule has 0 bridgehead atoms. The number of fused-ring (bicyclic) bond motifs is 1. The lowest BCUT2D eigenvalue weighted by Gasteiger charge is -2.38. The SMILES string of the molecule is CNC(=O)C1(C)CCN(C(=O)c2cccc(-c3ccc4cc[nH]c4c3)c2)CC1. The molecule has 1 aromatic heterocycles. The van der Waals surface area contributed by atoms with Crippen LogP contribution < -0.4 is 5.32 Å². The summed E-state index contributed by atoms with van der Waals surface area (Å²) in [5, 5.41) is 3.91. The Bertz CT molecular complexity index is 1030. The van der Waals surface area contributed by atoms with Crippen LogP contribution >= 0.6 is 0 Å². The molecular weight excluding hydrogens is 350 g/mol. The van der Waals surface area contributed by atoms with Crippen LogP contribution in [0.2, 0.25) is 0 Å². The van der Waals surface area contributed by atoms with Crippen molar-refractivity contribution in [2.24, 2.45) is 5.41 Å². The van der Waals surface area contributed by atoms with Crippen LogP contribution in [0, 0.1) is 5.41 Å². The fraction of sp³-hybridized carbons (Fsp3) is 0.304. The summed E-state index contributed by atoms with van der Waals surface area (Å²) >= 11 is 0. The number of piperidine rings is 1. The van der Waals surface area contributed by atoms with E-state index in [0.29, 0.717) is 31.5 Å². The highest BCUT2D eigenvalue weighted by Gasteiger charge is 2.37. The van der Waals surface area contributed by atoms with E-state index < -0.39 is 5.41 Å². The minimum absolute atomic E-state index is 0.0294. The van der Waals surface area contributed by atoms with E-state index >= 15 is 0 Å². The Morgan fingerprint density at radius 2 is 1.79 bits per heavy atom. The quantitative estimate of drug-likeness (QED) is 0.731. The zero-order chi connectivity index (χ0) is 19.7. The minimum Gasteiger partial charge on any atom is -0.361 e. The molecule has 0 radical (unpaired) electrons. The number of hydrogen-bond acceptors (Lipinski definition) is 2. The number of carbonyl (C=O) groups excluding carboxylic acids is 2. The molecule has 0 atom stereocenters. The molecule has 0 spiro atoms. The Labute approximate surface area is 164 Å². The average molecular weight is 375 g/mol. The van der Waals surface area contributed by atoms with Gasteiger partial charge in [-0.25, -0.2) is 0 Å². The number of hydrogen-bond donors (Lipinski definition) is 2. The maximum absolute atomic E-state index is 13.0. The molecule has 3 aromatic rings. The van der Waals surface area contributed by atoms with Gasteiger partial charge in [-0.05, 0) is 53.6 Å². The molecule has 1 aliphatic heterocycles. The fourth-order valence-corrected chi connectivity index (χ4v) is 3.97. The molecule has 2 N–H and O–H groups in total. The third-order valence-corrected chi connectivity index (χ3v) is 5.93. The van der Waals surface area contributed by atoms with Gasteiger partial charge < -0.3 is 15.2 Å². The van der Waals surface area contributed by atoms with Crippen LogP contribution in [-0.4, -0.2) is 41.8 Å². The van der Waals surface area contributed by atoms with Crippen molar-refractivity contribution < 1.29 is 9.59 Å². The van der Waals surface area contributed by atoms with Gasteiger partial charge in [0.15, 0.2) is 0 Å². The van der Waals surface area contributed by atoms with Gasteiger partial charge in [0.2, 0.25) is 5.91 Å². The van der Waals surface area contributed by atoms with Crippen molar-refractivity contribution in [1.29, 1.82) is 0 Å². The molecule has 2 heterocycles. The molecule has 1 saturated heterocycles. The summed E-state index contributed by atoms with van der Waals surface area (Å²) in [6.07, 6.45) is 3.29. The van der Waals surface area contributed by atoms with Crippen molar-refractivity contribution in [2.75, 3.05) is 20.1 Å². The highest BCUT2D eigenvalue weighted by Crippen LogP contribution is 2.32. The molecule has 28 heavy (non-hydrogen) atoms. The minimum atomic E-state index is -0.390. The molecule has 4 rings (SSSR count). The van der Waals surface area contributed by atoms with Gasteiger partial charge in [-0.15, -0.1) is 0 Å². The molecule has 0 unspecified atom stereocenters. The predicted octanol–water partition coefficient (Wildman–Crippen LogP) is 3.82. The van der Waals surface area contributed by atoms with E-state index in [9.17, 15) is 9.59 Å². The van der Waals surface area contributed by atoms with Gasteiger partial charge in [0.1, 0.15) is 0 Å². The first kappa shape index (κ1) is 18.3. The van der Waals surface area contributed by atoms with E-state index in [1.807, 2.05) is 48.4 Å². The third-order valence-electron chi connectivity index (χ3n) is 5.93. The van der Waals surface area contributed by atoms with Gasteiger partial charge >= 0.3 is 0 Å². The molecule has 1 fully saturated rings. The van der Waals surface area contributed by atoms with E-state index in [1.54, 1.807) is 7.05 Å². The number of likely N-dealkylation sites (tertiary alicyclic amines) is 1. The van der Waals surface area contributed by atoms with Crippen LogP contribution in [0.1, 0.15) is 30.1 Å². The summed E-state index contributed by atoms with van der Waals surface area (Å²) < 4.78 is 0. The summed E-state index contributed by atoms with van der Waals surface area (Å²) in [4.78, 5) is 30.2. The van der Waals surface area contributed by atoms with Crippen LogP contribution in [0.3, 0.4) is 0 Å². The molecule has 5 nitrogen and oxygen atoms in total. The Morgan fingerprint density at radius 3 is 2.54 bits per heavy atom. The molecule has 0 aliphatic carbocycles. The van der Waals surface area contributed by atoms with Crippen LogP contribution in [-0.2, 0) is 4.79 Å². The first-order valence-electron chi connectivity index (χ1n) is 9.69. The van der Waals surface area contributed by atoms with Gasteiger partial charge in [-0.1, -0.05) is 31.2 Å². The fourth-order valence-electron chi connectivity index (χ4n) is 3.97. The maximum atomic E-state index is 13.0. The van der Waals surface area contributed by atoms with Gasteiger partial charge in [0.05, 0.1) is 0 Å². The second-order valence-corrected chi connectivity index (χ2v) is 7.79. The number of H-pyrrole nitrogens is 1. The van der Waals surface area contributed by atoms with E-state index in [4.69, 9.17) is 0 Å². The van der Waals surface area contributed by atoms with Gasteiger partial charge in [0.25, 0.3) is 5.91 Å². The molecule has 1 aliphatic rings. The first-order chi connectivity index (χ1) is 13.5. The summed E-state index contributed by atoms with van der Waals surface area (Å²) in [7, 11) is 1.67. The number of nitrogens with zero attached hydrogens (tertiary/aromatic N) is 1. The zero-order valence-corrected chi connectivity index (χ0v) is 16.3. The van der Waals surface area contributed by atoms with Crippen molar-refractivity contribution >= 4 is 22.7 Å². The predicted molar refractivity (Wildman–Crippen MR) is 111 cm³/mol. The molecular formula is C23H25N3O2. The lowest BCUT2D eigenvalue weighted by atomic mass is 9.79. The van der Waals surface area contributed by atoms with Gasteiger partial charge in [0, 0.05) is 42.8 Å². The van der Waals surface area contributed by atoms with Crippen molar-refractivity contribution in [3.63, 3.8) is 0 Å².